The first-order chi connectivity index (χ1) is 5.09. The minimum absolute atomic E-state index is 0.0367. The predicted molar refractivity (Wildman–Crippen MR) is 46.0 cm³/mol. The summed E-state index contributed by atoms with van der Waals surface area (Å²) in [5, 5.41) is 0.216. The molecular weight excluding hydrogens is 162 g/mol. The standard InChI is InChI=1S/C7H13NO2S/c1-5-3-8(4-6(2)11)7(9)10-5/h5-6,11H,3-4H2,1-2H3. The number of hydrogen-bond donors (Lipinski definition) is 1. The number of thiol groups is 1. The van der Waals surface area contributed by atoms with Gasteiger partial charge >= 0.3 is 6.09 Å². The van der Waals surface area contributed by atoms with Gasteiger partial charge in [0.15, 0.2) is 0 Å². The van der Waals surface area contributed by atoms with Gasteiger partial charge < -0.3 is 9.64 Å². The minimum atomic E-state index is -0.210. The molecule has 64 valence electrons. The summed E-state index contributed by atoms with van der Waals surface area (Å²) < 4.78 is 4.93. The predicted octanol–water partition coefficient (Wildman–Crippen LogP) is 1.15. The molecule has 1 heterocycles. The maximum absolute atomic E-state index is 11.0. The van der Waals surface area contributed by atoms with E-state index in [1.54, 1.807) is 4.90 Å². The number of rotatable bonds is 2. The first-order valence-electron chi connectivity index (χ1n) is 3.73. The summed E-state index contributed by atoms with van der Waals surface area (Å²) in [6.07, 6.45) is -0.173. The van der Waals surface area contributed by atoms with Crippen molar-refractivity contribution in [3.63, 3.8) is 0 Å². The molecule has 0 aliphatic carbocycles. The van der Waals surface area contributed by atoms with Crippen LogP contribution in [0.4, 0.5) is 4.79 Å². The van der Waals surface area contributed by atoms with E-state index in [1.807, 2.05) is 13.8 Å². The average molecular weight is 175 g/mol. The van der Waals surface area contributed by atoms with Crippen molar-refractivity contribution in [1.82, 2.24) is 4.90 Å². The van der Waals surface area contributed by atoms with Crippen LogP contribution in [0.1, 0.15) is 13.8 Å². The van der Waals surface area contributed by atoms with E-state index >= 15 is 0 Å². The van der Waals surface area contributed by atoms with E-state index in [-0.39, 0.29) is 17.4 Å². The molecule has 0 spiro atoms. The van der Waals surface area contributed by atoms with Crippen molar-refractivity contribution in [1.29, 1.82) is 0 Å². The van der Waals surface area contributed by atoms with E-state index in [0.717, 1.165) is 0 Å². The molecule has 1 aliphatic heterocycles. The van der Waals surface area contributed by atoms with Crippen molar-refractivity contribution < 1.29 is 9.53 Å². The lowest BCUT2D eigenvalue weighted by molar-refractivity contribution is 0.138. The van der Waals surface area contributed by atoms with E-state index < -0.39 is 0 Å². The Bertz CT molecular complexity index is 161. The zero-order valence-corrected chi connectivity index (χ0v) is 7.67. The molecule has 0 bridgehead atoms. The fourth-order valence-electron chi connectivity index (χ4n) is 1.14. The fourth-order valence-corrected chi connectivity index (χ4v) is 1.33. The van der Waals surface area contributed by atoms with Gasteiger partial charge in [0.05, 0.1) is 6.54 Å². The van der Waals surface area contributed by atoms with Gasteiger partial charge in [-0.15, -0.1) is 0 Å². The summed E-state index contributed by atoms with van der Waals surface area (Å²) in [6, 6.07) is 0. The zero-order chi connectivity index (χ0) is 8.43. The number of carbonyl (C=O) groups is 1. The van der Waals surface area contributed by atoms with Crippen LogP contribution >= 0.6 is 12.6 Å². The molecule has 1 rings (SSSR count). The van der Waals surface area contributed by atoms with Crippen molar-refractivity contribution in [3.8, 4) is 0 Å². The van der Waals surface area contributed by atoms with Gasteiger partial charge in [0.25, 0.3) is 0 Å². The van der Waals surface area contributed by atoms with Crippen LogP contribution in [0, 0.1) is 0 Å². The monoisotopic (exact) mass is 175 g/mol. The number of amides is 1. The van der Waals surface area contributed by atoms with Crippen molar-refractivity contribution in [2.45, 2.75) is 25.2 Å². The lowest BCUT2D eigenvalue weighted by atomic mass is 10.3. The molecule has 1 amide bonds. The molecule has 11 heavy (non-hydrogen) atoms. The van der Waals surface area contributed by atoms with E-state index in [9.17, 15) is 4.79 Å². The van der Waals surface area contributed by atoms with E-state index in [0.29, 0.717) is 13.1 Å². The summed E-state index contributed by atoms with van der Waals surface area (Å²) >= 11 is 4.19. The Hall–Kier alpha value is -0.380. The smallest absolute Gasteiger partial charge is 0.410 e. The molecule has 0 N–H and O–H groups in total. The molecule has 0 saturated carbocycles. The number of carbonyl (C=O) groups excluding carboxylic acids is 1. The highest BCUT2D eigenvalue weighted by Crippen LogP contribution is 2.11. The van der Waals surface area contributed by atoms with Crippen LogP contribution in [-0.4, -0.2) is 35.4 Å². The van der Waals surface area contributed by atoms with E-state index in [2.05, 4.69) is 12.6 Å². The molecule has 1 fully saturated rings. The van der Waals surface area contributed by atoms with Crippen molar-refractivity contribution in [2.24, 2.45) is 0 Å². The largest absolute Gasteiger partial charge is 0.445 e. The Morgan fingerprint density at radius 1 is 1.91 bits per heavy atom. The first-order valence-corrected chi connectivity index (χ1v) is 4.25. The van der Waals surface area contributed by atoms with Crippen LogP contribution in [-0.2, 0) is 4.74 Å². The average Bonchev–Trinajstić information content (AvgIpc) is 2.09. The highest BCUT2D eigenvalue weighted by atomic mass is 32.1. The van der Waals surface area contributed by atoms with Gasteiger partial charge in [0.2, 0.25) is 0 Å². The fraction of sp³-hybridized carbons (Fsp3) is 0.857. The topological polar surface area (TPSA) is 29.5 Å². The van der Waals surface area contributed by atoms with Gasteiger partial charge in [-0.05, 0) is 6.92 Å². The van der Waals surface area contributed by atoms with Gasteiger partial charge in [-0.1, -0.05) is 6.92 Å². The van der Waals surface area contributed by atoms with Crippen LogP contribution in [0.15, 0.2) is 0 Å². The van der Waals surface area contributed by atoms with Crippen molar-refractivity contribution in [2.75, 3.05) is 13.1 Å². The Morgan fingerprint density at radius 2 is 2.55 bits per heavy atom. The zero-order valence-electron chi connectivity index (χ0n) is 6.78. The third-order valence-corrected chi connectivity index (χ3v) is 1.69. The Labute approximate surface area is 72.1 Å². The summed E-state index contributed by atoms with van der Waals surface area (Å²) in [7, 11) is 0. The van der Waals surface area contributed by atoms with Gasteiger partial charge in [-0.25, -0.2) is 4.79 Å². The Balaban J connectivity index is 2.41. The van der Waals surface area contributed by atoms with Crippen LogP contribution in [0.5, 0.6) is 0 Å². The molecule has 3 nitrogen and oxygen atoms in total. The number of hydrogen-bond acceptors (Lipinski definition) is 3. The maximum atomic E-state index is 11.0. The molecule has 0 aromatic carbocycles. The molecule has 2 unspecified atom stereocenters. The summed E-state index contributed by atoms with van der Waals surface area (Å²) in [5.41, 5.74) is 0. The van der Waals surface area contributed by atoms with E-state index in [1.165, 1.54) is 0 Å². The van der Waals surface area contributed by atoms with Crippen LogP contribution in [0.25, 0.3) is 0 Å². The first kappa shape index (κ1) is 8.71. The lowest BCUT2D eigenvalue weighted by Gasteiger charge is -2.13. The molecule has 0 radical (unpaired) electrons. The second kappa shape index (κ2) is 3.34. The Kier molecular flexibility index (Phi) is 2.65. The number of cyclic esters (lactones) is 1. The van der Waals surface area contributed by atoms with Gasteiger partial charge in [-0.2, -0.15) is 12.6 Å². The third-order valence-electron chi connectivity index (χ3n) is 1.52. The quantitative estimate of drug-likeness (QED) is 0.638. The molecule has 2 atom stereocenters. The molecule has 0 aromatic rings. The second-order valence-corrected chi connectivity index (χ2v) is 3.83. The maximum Gasteiger partial charge on any atom is 0.410 e. The highest BCUT2D eigenvalue weighted by Gasteiger charge is 2.28. The number of nitrogens with zero attached hydrogens (tertiary/aromatic N) is 1. The van der Waals surface area contributed by atoms with Crippen LogP contribution in [0.3, 0.4) is 0 Å². The molecular formula is C7H13NO2S. The molecule has 0 aromatic heterocycles. The van der Waals surface area contributed by atoms with Gasteiger partial charge in [0.1, 0.15) is 6.10 Å². The summed E-state index contributed by atoms with van der Waals surface area (Å²) in [4.78, 5) is 12.7. The number of ether oxygens (including phenoxy) is 1. The van der Waals surface area contributed by atoms with E-state index in [4.69, 9.17) is 4.74 Å². The highest BCUT2D eigenvalue weighted by molar-refractivity contribution is 7.80. The molecule has 4 heteroatoms. The Morgan fingerprint density at radius 3 is 2.91 bits per heavy atom. The normalized spacial score (nSPS) is 27.0. The SMILES string of the molecule is CC(S)CN1CC(C)OC1=O. The molecule has 1 aliphatic rings. The minimum Gasteiger partial charge on any atom is -0.445 e. The van der Waals surface area contributed by atoms with Gasteiger partial charge in [0, 0.05) is 11.8 Å². The summed E-state index contributed by atoms with van der Waals surface area (Å²) in [5.74, 6) is 0. The third kappa shape index (κ3) is 2.29. The van der Waals surface area contributed by atoms with Crippen LogP contribution in [0.2, 0.25) is 0 Å². The second-order valence-electron chi connectivity index (χ2n) is 2.95. The lowest BCUT2D eigenvalue weighted by Crippen LogP contribution is -2.30. The van der Waals surface area contributed by atoms with Gasteiger partial charge in [-0.3, -0.25) is 0 Å². The molecule has 1 saturated heterocycles. The summed E-state index contributed by atoms with van der Waals surface area (Å²) in [6.45, 7) is 5.22. The van der Waals surface area contributed by atoms with Crippen LogP contribution < -0.4 is 0 Å². The van der Waals surface area contributed by atoms with Crippen molar-refractivity contribution >= 4 is 18.7 Å². The van der Waals surface area contributed by atoms with Crippen molar-refractivity contribution in [3.05, 3.63) is 0 Å².